The summed E-state index contributed by atoms with van der Waals surface area (Å²) in [5.74, 6) is -0.623. The lowest BCUT2D eigenvalue weighted by atomic mass is 9.34. The minimum absolute atomic E-state index is 0.0169. The molecule has 21 atom stereocenters. The molecular formula is C42H72O14. The average Bonchev–Trinajstić information content (AvgIpc) is 3.51. The van der Waals surface area contributed by atoms with E-state index in [1.807, 2.05) is 34.6 Å². The summed E-state index contributed by atoms with van der Waals surface area (Å²) in [5, 5.41) is 110. The summed E-state index contributed by atoms with van der Waals surface area (Å²) in [4.78, 5) is 0. The van der Waals surface area contributed by atoms with E-state index >= 15 is 0 Å². The van der Waals surface area contributed by atoms with Crippen LogP contribution in [0.2, 0.25) is 0 Å². The molecule has 14 heteroatoms. The zero-order chi connectivity index (χ0) is 41.5. The van der Waals surface area contributed by atoms with Crippen LogP contribution in [0.1, 0.15) is 107 Å². The highest BCUT2D eigenvalue weighted by Gasteiger charge is 2.73. The van der Waals surface area contributed by atoms with Crippen LogP contribution in [-0.2, 0) is 18.9 Å². The van der Waals surface area contributed by atoms with Gasteiger partial charge in [-0.25, -0.2) is 0 Å². The van der Waals surface area contributed by atoms with Crippen molar-refractivity contribution in [1.82, 2.24) is 0 Å². The molecule has 6 fully saturated rings. The molecule has 0 amide bonds. The lowest BCUT2D eigenvalue weighted by molar-refractivity contribution is -0.383. The number of hydrogen-bond donors (Lipinski definition) is 10. The molecule has 0 aromatic rings. The number of ether oxygens (including phenoxy) is 4. The third-order valence-electron chi connectivity index (χ3n) is 16.5. The topological polar surface area (TPSA) is 239 Å². The van der Waals surface area contributed by atoms with Crippen molar-refractivity contribution in [1.29, 1.82) is 0 Å². The van der Waals surface area contributed by atoms with E-state index < -0.39 is 120 Å². The molecule has 0 unspecified atom stereocenters. The van der Waals surface area contributed by atoms with E-state index in [0.717, 1.165) is 19.3 Å². The summed E-state index contributed by atoms with van der Waals surface area (Å²) in [7, 11) is 0. The van der Waals surface area contributed by atoms with E-state index in [4.69, 9.17) is 18.9 Å². The predicted octanol–water partition coefficient (Wildman–Crippen LogP) is 1.12. The van der Waals surface area contributed by atoms with E-state index in [9.17, 15) is 51.1 Å². The van der Waals surface area contributed by atoms with Crippen molar-refractivity contribution in [2.24, 2.45) is 45.3 Å². The van der Waals surface area contributed by atoms with Crippen LogP contribution in [0.15, 0.2) is 11.6 Å². The molecule has 0 spiro atoms. The normalized spacial score (nSPS) is 52.6. The van der Waals surface area contributed by atoms with Crippen LogP contribution in [0.3, 0.4) is 0 Å². The van der Waals surface area contributed by atoms with Crippen LogP contribution in [0.25, 0.3) is 0 Å². The third-order valence-corrected chi connectivity index (χ3v) is 16.5. The van der Waals surface area contributed by atoms with E-state index in [1.54, 1.807) is 0 Å². The fourth-order valence-corrected chi connectivity index (χ4v) is 13.4. The molecule has 0 aromatic heterocycles. The van der Waals surface area contributed by atoms with Gasteiger partial charge in [0.1, 0.15) is 48.8 Å². The Morgan fingerprint density at radius 3 is 1.98 bits per heavy atom. The Hall–Kier alpha value is -0.820. The first-order chi connectivity index (χ1) is 26.0. The van der Waals surface area contributed by atoms with Gasteiger partial charge in [0.15, 0.2) is 12.6 Å². The van der Waals surface area contributed by atoms with E-state index in [-0.39, 0.29) is 23.7 Å². The fraction of sp³-hybridized carbons (Fsp3) is 0.952. The van der Waals surface area contributed by atoms with Crippen LogP contribution in [0, 0.1) is 45.3 Å². The number of allylic oxidation sites excluding steroid dienone is 2. The monoisotopic (exact) mass is 800 g/mol. The van der Waals surface area contributed by atoms with Crippen molar-refractivity contribution >= 4 is 0 Å². The molecule has 2 heterocycles. The van der Waals surface area contributed by atoms with Gasteiger partial charge in [-0.05, 0) is 117 Å². The van der Waals surface area contributed by atoms with Gasteiger partial charge in [0, 0.05) is 0 Å². The minimum Gasteiger partial charge on any atom is -0.394 e. The largest absolute Gasteiger partial charge is 0.394 e. The summed E-state index contributed by atoms with van der Waals surface area (Å²) in [5.41, 5.74) is -1.85. The Labute approximate surface area is 331 Å². The Bertz CT molecular complexity index is 1400. The molecular weight excluding hydrogens is 728 g/mol. The molecule has 6 rings (SSSR count). The maximum Gasteiger partial charge on any atom is 0.187 e. The summed E-state index contributed by atoms with van der Waals surface area (Å²) in [6.07, 6.45) is -10.6. The van der Waals surface area contributed by atoms with Gasteiger partial charge in [-0.3, -0.25) is 0 Å². The lowest BCUT2D eigenvalue weighted by Crippen LogP contribution is -2.71. The van der Waals surface area contributed by atoms with Crippen molar-refractivity contribution in [2.45, 2.75) is 192 Å². The second kappa shape index (κ2) is 15.9. The highest BCUT2D eigenvalue weighted by atomic mass is 16.8. The molecule has 56 heavy (non-hydrogen) atoms. The summed E-state index contributed by atoms with van der Waals surface area (Å²) < 4.78 is 24.9. The van der Waals surface area contributed by atoms with Gasteiger partial charge in [0.05, 0.1) is 37.1 Å². The lowest BCUT2D eigenvalue weighted by Gasteiger charge is -2.72. The number of hydrogen-bond acceptors (Lipinski definition) is 14. The van der Waals surface area contributed by atoms with Gasteiger partial charge in [-0.2, -0.15) is 0 Å². The van der Waals surface area contributed by atoms with Gasteiger partial charge in [-0.1, -0.05) is 46.3 Å². The first-order valence-electron chi connectivity index (χ1n) is 21.0. The van der Waals surface area contributed by atoms with Gasteiger partial charge in [-0.15, -0.1) is 0 Å². The second-order valence-electron chi connectivity index (χ2n) is 20.3. The molecule has 0 radical (unpaired) electrons. The quantitative estimate of drug-likeness (QED) is 0.110. The molecule has 0 bridgehead atoms. The highest BCUT2D eigenvalue weighted by Crippen LogP contribution is 2.76. The van der Waals surface area contributed by atoms with Crippen LogP contribution >= 0.6 is 0 Å². The first-order valence-corrected chi connectivity index (χ1v) is 21.0. The van der Waals surface area contributed by atoms with Crippen LogP contribution in [0.5, 0.6) is 0 Å². The number of aliphatic hydroxyl groups excluding tert-OH is 9. The van der Waals surface area contributed by atoms with Crippen LogP contribution < -0.4 is 0 Å². The number of rotatable bonds is 10. The summed E-state index contributed by atoms with van der Waals surface area (Å²) in [6, 6.07) is 0. The molecule has 0 aromatic carbocycles. The number of fused-ring (bicyclic) bond motifs is 5. The Morgan fingerprint density at radius 1 is 0.768 bits per heavy atom. The maximum atomic E-state index is 12.3. The van der Waals surface area contributed by atoms with Crippen molar-refractivity contribution < 1.29 is 70.0 Å². The van der Waals surface area contributed by atoms with E-state index in [2.05, 4.69) is 26.8 Å². The van der Waals surface area contributed by atoms with Crippen LogP contribution in [0.4, 0.5) is 0 Å². The van der Waals surface area contributed by atoms with Crippen molar-refractivity contribution in [3.8, 4) is 0 Å². The molecule has 2 aliphatic heterocycles. The molecule has 10 N–H and O–H groups in total. The van der Waals surface area contributed by atoms with Crippen molar-refractivity contribution in [3.63, 3.8) is 0 Å². The Balaban J connectivity index is 1.38. The smallest absolute Gasteiger partial charge is 0.187 e. The first kappa shape index (κ1) is 44.7. The summed E-state index contributed by atoms with van der Waals surface area (Å²) in [6.45, 7) is 15.5. The average molecular weight is 801 g/mol. The van der Waals surface area contributed by atoms with Crippen molar-refractivity contribution in [3.05, 3.63) is 11.6 Å². The molecule has 14 nitrogen and oxygen atoms in total. The standard InChI is InChI=1S/C42H72O14/c1-20(2)10-9-13-42(8,52)21-11-15-40(6)28(21)22(45)16-26-39(5)14-12-27(46)38(3,4)35(39)23(17-41(26,40)7)53-37-34(32(50)30(48)25(19-44)55-37)56-36-33(51)31(49)29(47)24(18-43)54-36/h10,21-37,43-52H,9,11-19H2,1-8H3/t21-,22+,23-,24+,25+,26+,27-,28-,29+,30+,31-,32-,33+,34+,35-,36-,37+,39+,40+,41+,42+/m0/s1. The van der Waals surface area contributed by atoms with E-state index in [1.165, 1.54) is 5.57 Å². The third kappa shape index (κ3) is 7.16. The fourth-order valence-electron chi connectivity index (χ4n) is 13.4. The van der Waals surface area contributed by atoms with Gasteiger partial charge in [0.25, 0.3) is 0 Å². The van der Waals surface area contributed by atoms with Gasteiger partial charge < -0.3 is 70.0 Å². The Kier molecular flexibility index (Phi) is 12.7. The molecule has 4 aliphatic carbocycles. The van der Waals surface area contributed by atoms with Gasteiger partial charge in [0.2, 0.25) is 0 Å². The van der Waals surface area contributed by atoms with Gasteiger partial charge >= 0.3 is 0 Å². The summed E-state index contributed by atoms with van der Waals surface area (Å²) >= 11 is 0. The maximum absolute atomic E-state index is 12.3. The molecule has 6 aliphatic rings. The zero-order valence-electron chi connectivity index (χ0n) is 34.6. The molecule has 324 valence electrons. The highest BCUT2D eigenvalue weighted by molar-refractivity contribution is 5.22. The zero-order valence-corrected chi connectivity index (χ0v) is 34.6. The molecule has 2 saturated heterocycles. The second-order valence-corrected chi connectivity index (χ2v) is 20.3. The predicted molar refractivity (Wildman–Crippen MR) is 202 cm³/mol. The number of aliphatic hydroxyl groups is 10. The molecule has 4 saturated carbocycles. The van der Waals surface area contributed by atoms with Crippen LogP contribution in [-0.4, -0.2) is 150 Å². The van der Waals surface area contributed by atoms with E-state index in [0.29, 0.717) is 32.1 Å². The Morgan fingerprint density at radius 2 is 1.38 bits per heavy atom. The van der Waals surface area contributed by atoms with Crippen molar-refractivity contribution in [2.75, 3.05) is 13.2 Å². The minimum atomic E-state index is -1.81. The SMILES string of the molecule is CC(C)=CCC[C@@](C)(O)[C@H]1CC[C@]2(C)[C@@H]1[C@H](O)C[C@@H]1[C@@]3(C)CC[C@H](O)C(C)(C)[C@@H]3[C@@H](O[C@@H]3O[C@H](CO)[C@@H](O)[C@H](O)[C@H]3O[C@@H]3O[C@H](CO)[C@@H](O)[C@H](O)[C@H]3O)C[C@]12C.